The first kappa shape index (κ1) is 17.0. The van der Waals surface area contributed by atoms with E-state index in [1.165, 1.54) is 16.7 Å². The van der Waals surface area contributed by atoms with Crippen LogP contribution >= 0.6 is 35.7 Å². The second-order valence-corrected chi connectivity index (χ2v) is 7.13. The van der Waals surface area contributed by atoms with Crippen molar-refractivity contribution in [3.05, 3.63) is 35.0 Å². The molecule has 8 heteroatoms. The van der Waals surface area contributed by atoms with E-state index in [0.717, 1.165) is 17.3 Å². The number of aliphatic carboxylic acids is 1. The van der Waals surface area contributed by atoms with Gasteiger partial charge in [0.25, 0.3) is 5.91 Å². The number of thiocarbonyl (C=S) groups is 1. The maximum atomic E-state index is 12.5. The van der Waals surface area contributed by atoms with Crippen molar-refractivity contribution in [1.82, 2.24) is 9.88 Å². The number of carbonyl (C=O) groups excluding carboxylic acids is 1. The highest BCUT2D eigenvalue weighted by Crippen LogP contribution is 2.34. The molecular formula is C14H14N2O3S3. The molecule has 116 valence electrons. The second kappa shape index (κ2) is 7.75. The van der Waals surface area contributed by atoms with Crippen molar-refractivity contribution >= 4 is 58.0 Å². The molecule has 1 amide bonds. The number of pyridine rings is 1. The molecule has 0 bridgehead atoms. The lowest BCUT2D eigenvalue weighted by atomic mass is 10.2. The van der Waals surface area contributed by atoms with E-state index in [0.29, 0.717) is 21.4 Å². The Morgan fingerprint density at radius 1 is 1.55 bits per heavy atom. The van der Waals surface area contributed by atoms with Crippen molar-refractivity contribution in [3.63, 3.8) is 0 Å². The van der Waals surface area contributed by atoms with Crippen molar-refractivity contribution in [1.29, 1.82) is 0 Å². The highest BCUT2D eigenvalue weighted by Gasteiger charge is 2.40. The van der Waals surface area contributed by atoms with Gasteiger partial charge < -0.3 is 5.11 Å². The second-order valence-electron chi connectivity index (χ2n) is 4.47. The lowest BCUT2D eigenvalue weighted by molar-refractivity contribution is -0.145. The summed E-state index contributed by atoms with van der Waals surface area (Å²) in [5.74, 6) is -0.729. The summed E-state index contributed by atoms with van der Waals surface area (Å²) in [6, 6.07) is 2.63. The molecule has 1 atom stereocenters. The molecule has 1 aromatic rings. The number of hydrogen-bond donors (Lipinski definition) is 1. The zero-order valence-electron chi connectivity index (χ0n) is 11.8. The summed E-state index contributed by atoms with van der Waals surface area (Å²) in [6.07, 6.45) is 7.22. The van der Waals surface area contributed by atoms with Crippen LogP contribution in [-0.4, -0.2) is 49.2 Å². The van der Waals surface area contributed by atoms with E-state index >= 15 is 0 Å². The zero-order valence-corrected chi connectivity index (χ0v) is 14.2. The van der Waals surface area contributed by atoms with Gasteiger partial charge in [-0.1, -0.05) is 24.0 Å². The van der Waals surface area contributed by atoms with Crippen LogP contribution in [0, 0.1) is 0 Å². The number of nitrogens with zero attached hydrogens (tertiary/aromatic N) is 2. The van der Waals surface area contributed by atoms with Crippen LogP contribution in [0.2, 0.25) is 0 Å². The third-order valence-corrected chi connectivity index (χ3v) is 4.99. The topological polar surface area (TPSA) is 70.5 Å². The molecule has 2 heterocycles. The van der Waals surface area contributed by atoms with Crippen LogP contribution in [0.1, 0.15) is 12.0 Å². The van der Waals surface area contributed by atoms with Crippen LogP contribution < -0.4 is 0 Å². The average Bonchev–Trinajstić information content (AvgIpc) is 2.76. The highest BCUT2D eigenvalue weighted by molar-refractivity contribution is 8.26. The number of carboxylic acids is 1. The largest absolute Gasteiger partial charge is 0.480 e. The van der Waals surface area contributed by atoms with Gasteiger partial charge >= 0.3 is 5.97 Å². The number of aromatic nitrogens is 1. The SMILES string of the molecule is CSCC[C@H](C(=O)O)N1C(=O)/C(=C/c2ccncc2)SC1=S. The molecule has 0 aromatic carbocycles. The third kappa shape index (κ3) is 3.88. The number of amides is 1. The van der Waals surface area contributed by atoms with Crippen LogP contribution in [0.3, 0.4) is 0 Å². The summed E-state index contributed by atoms with van der Waals surface area (Å²) < 4.78 is 0.291. The Kier molecular flexibility index (Phi) is 5.98. The molecule has 1 N–H and O–H groups in total. The predicted molar refractivity (Wildman–Crippen MR) is 93.7 cm³/mol. The predicted octanol–water partition coefficient (Wildman–Crippen LogP) is 2.49. The Bertz CT molecular complexity index is 619. The number of carboxylic acid groups (broad SMARTS) is 1. The Labute approximate surface area is 142 Å². The lowest BCUT2D eigenvalue weighted by Gasteiger charge is -2.22. The summed E-state index contributed by atoms with van der Waals surface area (Å²) in [6.45, 7) is 0. The average molecular weight is 354 g/mol. The van der Waals surface area contributed by atoms with E-state index in [-0.39, 0.29) is 5.91 Å². The minimum Gasteiger partial charge on any atom is -0.480 e. The molecule has 1 aliphatic heterocycles. The van der Waals surface area contributed by atoms with Crippen molar-refractivity contribution in [2.75, 3.05) is 12.0 Å². The van der Waals surface area contributed by atoms with E-state index in [4.69, 9.17) is 12.2 Å². The fourth-order valence-corrected chi connectivity index (χ4v) is 3.77. The minimum atomic E-state index is -1.03. The van der Waals surface area contributed by atoms with Gasteiger partial charge in [0.2, 0.25) is 0 Å². The molecule has 0 saturated carbocycles. The third-order valence-electron chi connectivity index (χ3n) is 3.02. The molecular weight excluding hydrogens is 340 g/mol. The van der Waals surface area contributed by atoms with Gasteiger partial charge in [0.15, 0.2) is 0 Å². The number of carbonyl (C=O) groups is 2. The van der Waals surface area contributed by atoms with E-state index in [1.807, 2.05) is 6.26 Å². The van der Waals surface area contributed by atoms with Crippen LogP contribution in [0.15, 0.2) is 29.4 Å². The summed E-state index contributed by atoms with van der Waals surface area (Å²) >= 11 is 7.87. The van der Waals surface area contributed by atoms with Crippen LogP contribution in [-0.2, 0) is 9.59 Å². The Balaban J connectivity index is 2.24. The zero-order chi connectivity index (χ0) is 16.1. The minimum absolute atomic E-state index is 0.291. The number of rotatable bonds is 6. The van der Waals surface area contributed by atoms with Gasteiger partial charge in [-0.15, -0.1) is 0 Å². The summed E-state index contributed by atoms with van der Waals surface area (Å²) in [5.41, 5.74) is 0.825. The molecule has 2 rings (SSSR count). The molecule has 1 aromatic heterocycles. The van der Waals surface area contributed by atoms with E-state index < -0.39 is 12.0 Å². The van der Waals surface area contributed by atoms with Crippen LogP contribution in [0.25, 0.3) is 6.08 Å². The maximum absolute atomic E-state index is 12.5. The monoisotopic (exact) mass is 354 g/mol. The van der Waals surface area contributed by atoms with E-state index in [1.54, 1.807) is 30.6 Å². The lowest BCUT2D eigenvalue weighted by Crippen LogP contribution is -2.44. The number of thioether (sulfide) groups is 2. The molecule has 0 aliphatic carbocycles. The summed E-state index contributed by atoms with van der Waals surface area (Å²) in [5, 5.41) is 9.37. The first-order valence-electron chi connectivity index (χ1n) is 6.43. The molecule has 0 radical (unpaired) electrons. The Morgan fingerprint density at radius 3 is 2.82 bits per heavy atom. The van der Waals surface area contributed by atoms with E-state index in [9.17, 15) is 14.7 Å². The van der Waals surface area contributed by atoms with Gasteiger partial charge in [-0.05, 0) is 42.2 Å². The highest BCUT2D eigenvalue weighted by atomic mass is 32.2. The van der Waals surface area contributed by atoms with Crippen molar-refractivity contribution in [2.45, 2.75) is 12.5 Å². The molecule has 22 heavy (non-hydrogen) atoms. The molecule has 0 spiro atoms. The van der Waals surface area contributed by atoms with Crippen molar-refractivity contribution in [3.8, 4) is 0 Å². The normalized spacial score (nSPS) is 18.0. The van der Waals surface area contributed by atoms with Crippen LogP contribution in [0.5, 0.6) is 0 Å². The van der Waals surface area contributed by atoms with E-state index in [2.05, 4.69) is 4.98 Å². The van der Waals surface area contributed by atoms with Crippen molar-refractivity contribution in [2.24, 2.45) is 0 Å². The Hall–Kier alpha value is -1.38. The van der Waals surface area contributed by atoms with Gasteiger partial charge in [0.1, 0.15) is 10.4 Å². The fourth-order valence-electron chi connectivity index (χ4n) is 1.95. The summed E-state index contributed by atoms with van der Waals surface area (Å²) in [4.78, 5) is 29.5. The van der Waals surface area contributed by atoms with Gasteiger partial charge in [-0.2, -0.15) is 11.8 Å². The maximum Gasteiger partial charge on any atom is 0.326 e. The molecule has 0 unspecified atom stereocenters. The molecule has 5 nitrogen and oxygen atoms in total. The smallest absolute Gasteiger partial charge is 0.326 e. The summed E-state index contributed by atoms with van der Waals surface area (Å²) in [7, 11) is 0. The van der Waals surface area contributed by atoms with Crippen molar-refractivity contribution < 1.29 is 14.7 Å². The Morgan fingerprint density at radius 2 is 2.23 bits per heavy atom. The quantitative estimate of drug-likeness (QED) is 0.621. The van der Waals surface area contributed by atoms with Gasteiger partial charge in [0, 0.05) is 12.4 Å². The molecule has 1 fully saturated rings. The van der Waals surface area contributed by atoms with Gasteiger partial charge in [-0.25, -0.2) is 4.79 Å². The molecule has 1 aliphatic rings. The van der Waals surface area contributed by atoms with Crippen LogP contribution in [0.4, 0.5) is 0 Å². The fraction of sp³-hybridized carbons (Fsp3) is 0.286. The van der Waals surface area contributed by atoms with Gasteiger partial charge in [-0.3, -0.25) is 14.7 Å². The number of hydrogen-bond acceptors (Lipinski definition) is 6. The molecule has 1 saturated heterocycles. The standard InChI is InChI=1S/C14H14N2O3S3/c1-21-7-4-10(13(18)19)16-12(17)11(22-14(16)20)8-9-2-5-15-6-3-9/h2-3,5-6,8,10H,4,7H2,1H3,(H,18,19)/b11-8-/t10-/m1/s1. The first-order valence-corrected chi connectivity index (χ1v) is 9.05. The first-order chi connectivity index (χ1) is 10.5. The van der Waals surface area contributed by atoms with Gasteiger partial charge in [0.05, 0.1) is 4.91 Å².